The molecule has 176 valence electrons. The number of esters is 2. The van der Waals surface area contributed by atoms with Crippen LogP contribution in [0.1, 0.15) is 31.4 Å². The van der Waals surface area contributed by atoms with Crippen molar-refractivity contribution in [3.63, 3.8) is 0 Å². The number of hydrogen-bond donors (Lipinski definition) is 0. The van der Waals surface area contributed by atoms with Crippen LogP contribution in [0.15, 0.2) is 66.7 Å². The summed E-state index contributed by atoms with van der Waals surface area (Å²) in [6.45, 7) is 7.71. The van der Waals surface area contributed by atoms with Gasteiger partial charge in [0, 0.05) is 18.5 Å². The number of benzene rings is 2. The largest absolute Gasteiger partial charge is 0.497 e. The average Bonchev–Trinajstić information content (AvgIpc) is 2.82. The molecule has 2 aromatic rings. The van der Waals surface area contributed by atoms with E-state index in [2.05, 4.69) is 6.58 Å². The molecule has 7 nitrogen and oxygen atoms in total. The second-order valence-electron chi connectivity index (χ2n) is 7.32. The Bertz CT molecular complexity index is 939. The second kappa shape index (κ2) is 13.1. The molecule has 0 bridgehead atoms. The van der Waals surface area contributed by atoms with Crippen molar-refractivity contribution in [2.45, 2.75) is 39.3 Å². The van der Waals surface area contributed by atoms with Crippen LogP contribution in [0.25, 0.3) is 0 Å². The number of rotatable bonds is 12. The zero-order valence-electron chi connectivity index (χ0n) is 19.4. The standard InChI is InChI=1S/C26H31NO6/c1-5-32-24(28)16-19(3)25(29)27(18-21-12-14-22(31-4)15-13-21)23(26(30)33-6-2)17-20-10-8-7-9-11-20/h7-15,23H,3,5-6,16-18H2,1-2,4H3/t23-/m0/s1. The number of nitrogens with zero attached hydrogens (tertiary/aromatic N) is 1. The molecule has 33 heavy (non-hydrogen) atoms. The number of ether oxygens (including phenoxy) is 3. The van der Waals surface area contributed by atoms with Gasteiger partial charge < -0.3 is 19.1 Å². The van der Waals surface area contributed by atoms with Crippen LogP contribution < -0.4 is 4.74 Å². The van der Waals surface area contributed by atoms with E-state index in [1.807, 2.05) is 42.5 Å². The Morgan fingerprint density at radius 3 is 2.12 bits per heavy atom. The zero-order valence-corrected chi connectivity index (χ0v) is 19.4. The van der Waals surface area contributed by atoms with E-state index in [1.54, 1.807) is 33.1 Å². The normalized spacial score (nSPS) is 11.2. The van der Waals surface area contributed by atoms with Crippen molar-refractivity contribution >= 4 is 17.8 Å². The summed E-state index contributed by atoms with van der Waals surface area (Å²) in [6, 6.07) is 15.7. The maximum absolute atomic E-state index is 13.4. The van der Waals surface area contributed by atoms with E-state index in [-0.39, 0.29) is 38.2 Å². The zero-order chi connectivity index (χ0) is 24.2. The van der Waals surface area contributed by atoms with Crippen LogP contribution in [0.5, 0.6) is 5.75 Å². The molecule has 1 amide bonds. The molecule has 2 aromatic carbocycles. The predicted octanol–water partition coefficient (Wildman–Crippen LogP) is 3.71. The lowest BCUT2D eigenvalue weighted by atomic mass is 10.0. The van der Waals surface area contributed by atoms with Gasteiger partial charge in [0.15, 0.2) is 0 Å². The molecule has 0 unspecified atom stereocenters. The van der Waals surface area contributed by atoms with Gasteiger partial charge in [0.05, 0.1) is 26.7 Å². The van der Waals surface area contributed by atoms with Crippen LogP contribution in [0.4, 0.5) is 0 Å². The Labute approximate surface area is 194 Å². The molecule has 0 saturated carbocycles. The Balaban J connectivity index is 2.40. The SMILES string of the molecule is C=C(CC(=O)OCC)C(=O)N(Cc1ccc(OC)cc1)[C@@H](Cc1ccccc1)C(=O)OCC. The first-order valence-corrected chi connectivity index (χ1v) is 10.9. The third kappa shape index (κ3) is 7.79. The van der Waals surface area contributed by atoms with Gasteiger partial charge in [-0.3, -0.25) is 9.59 Å². The number of carbonyl (C=O) groups excluding carboxylic acids is 3. The number of carbonyl (C=O) groups is 3. The van der Waals surface area contributed by atoms with Crippen molar-refractivity contribution in [1.82, 2.24) is 4.90 Å². The van der Waals surface area contributed by atoms with Gasteiger partial charge in [0.2, 0.25) is 0 Å². The molecule has 0 spiro atoms. The van der Waals surface area contributed by atoms with Crippen molar-refractivity contribution in [3.8, 4) is 5.75 Å². The average molecular weight is 454 g/mol. The summed E-state index contributed by atoms with van der Waals surface area (Å²) in [5.74, 6) is -0.898. The van der Waals surface area contributed by atoms with Crippen LogP contribution >= 0.6 is 0 Å². The highest BCUT2D eigenvalue weighted by atomic mass is 16.5. The molecule has 0 saturated heterocycles. The molecular weight excluding hydrogens is 422 g/mol. The number of methoxy groups -OCH3 is 1. The summed E-state index contributed by atoms with van der Waals surface area (Å²) < 4.78 is 15.5. The quantitative estimate of drug-likeness (QED) is 0.360. The Morgan fingerprint density at radius 2 is 1.55 bits per heavy atom. The van der Waals surface area contributed by atoms with Crippen molar-refractivity contribution in [2.75, 3.05) is 20.3 Å². The summed E-state index contributed by atoms with van der Waals surface area (Å²) in [6.07, 6.45) is 0.000915. The van der Waals surface area contributed by atoms with E-state index >= 15 is 0 Å². The van der Waals surface area contributed by atoms with E-state index in [0.717, 1.165) is 11.1 Å². The highest BCUT2D eigenvalue weighted by molar-refractivity contribution is 5.99. The van der Waals surface area contributed by atoms with Crippen molar-refractivity contribution in [2.24, 2.45) is 0 Å². The third-order valence-corrected chi connectivity index (χ3v) is 4.95. The molecule has 0 radical (unpaired) electrons. The summed E-state index contributed by atoms with van der Waals surface area (Å²) in [7, 11) is 1.57. The summed E-state index contributed by atoms with van der Waals surface area (Å²) in [5.41, 5.74) is 1.71. The monoisotopic (exact) mass is 453 g/mol. The van der Waals surface area contributed by atoms with E-state index in [9.17, 15) is 14.4 Å². The summed E-state index contributed by atoms with van der Waals surface area (Å²) >= 11 is 0. The molecule has 7 heteroatoms. The van der Waals surface area contributed by atoms with Crippen LogP contribution in [-0.2, 0) is 36.8 Å². The minimum absolute atomic E-state index is 0.0457. The maximum Gasteiger partial charge on any atom is 0.329 e. The Kier molecular flexibility index (Phi) is 10.1. The lowest BCUT2D eigenvalue weighted by Gasteiger charge is -2.31. The Hall–Kier alpha value is -3.61. The van der Waals surface area contributed by atoms with E-state index in [1.165, 1.54) is 4.90 Å². The lowest BCUT2D eigenvalue weighted by molar-refractivity contribution is -0.154. The van der Waals surface area contributed by atoms with E-state index in [4.69, 9.17) is 14.2 Å². The van der Waals surface area contributed by atoms with Gasteiger partial charge in [0.1, 0.15) is 11.8 Å². The first-order valence-electron chi connectivity index (χ1n) is 10.9. The smallest absolute Gasteiger partial charge is 0.329 e. The fourth-order valence-electron chi connectivity index (χ4n) is 3.31. The van der Waals surface area contributed by atoms with E-state index < -0.39 is 23.9 Å². The fraction of sp³-hybridized carbons (Fsp3) is 0.346. The van der Waals surface area contributed by atoms with Crippen LogP contribution in [-0.4, -0.2) is 49.1 Å². The number of hydrogen-bond acceptors (Lipinski definition) is 6. The van der Waals surface area contributed by atoms with Crippen LogP contribution in [0.2, 0.25) is 0 Å². The van der Waals surface area contributed by atoms with Gasteiger partial charge in [0.25, 0.3) is 5.91 Å². The molecule has 0 heterocycles. The lowest BCUT2D eigenvalue weighted by Crippen LogP contribution is -2.47. The first kappa shape index (κ1) is 25.6. The second-order valence-corrected chi connectivity index (χ2v) is 7.32. The van der Waals surface area contributed by atoms with Crippen molar-refractivity contribution < 1.29 is 28.6 Å². The molecule has 0 aliphatic heterocycles. The predicted molar refractivity (Wildman–Crippen MR) is 125 cm³/mol. The van der Waals surface area contributed by atoms with Gasteiger partial charge in [-0.15, -0.1) is 0 Å². The first-order chi connectivity index (χ1) is 15.9. The van der Waals surface area contributed by atoms with E-state index in [0.29, 0.717) is 5.75 Å². The highest BCUT2D eigenvalue weighted by Gasteiger charge is 2.33. The topological polar surface area (TPSA) is 82.1 Å². The molecular formula is C26H31NO6. The molecule has 0 fully saturated rings. The molecule has 0 aliphatic rings. The summed E-state index contributed by atoms with van der Waals surface area (Å²) in [5, 5.41) is 0. The highest BCUT2D eigenvalue weighted by Crippen LogP contribution is 2.20. The maximum atomic E-state index is 13.4. The van der Waals surface area contributed by atoms with Crippen LogP contribution in [0, 0.1) is 0 Å². The number of amides is 1. The van der Waals surface area contributed by atoms with Gasteiger partial charge in [-0.2, -0.15) is 0 Å². The van der Waals surface area contributed by atoms with Crippen LogP contribution in [0.3, 0.4) is 0 Å². The van der Waals surface area contributed by atoms with Gasteiger partial charge >= 0.3 is 11.9 Å². The Morgan fingerprint density at radius 1 is 0.909 bits per heavy atom. The summed E-state index contributed by atoms with van der Waals surface area (Å²) in [4.78, 5) is 39.8. The van der Waals surface area contributed by atoms with Gasteiger partial charge in [-0.25, -0.2) is 4.79 Å². The fourth-order valence-corrected chi connectivity index (χ4v) is 3.31. The minimum Gasteiger partial charge on any atom is -0.497 e. The third-order valence-electron chi connectivity index (χ3n) is 4.95. The minimum atomic E-state index is -0.902. The molecule has 2 rings (SSSR count). The molecule has 0 N–H and O–H groups in total. The van der Waals surface area contributed by atoms with Gasteiger partial charge in [-0.1, -0.05) is 49.0 Å². The molecule has 1 atom stereocenters. The van der Waals surface area contributed by atoms with Crippen molar-refractivity contribution in [1.29, 1.82) is 0 Å². The molecule has 0 aromatic heterocycles. The van der Waals surface area contributed by atoms with Crippen molar-refractivity contribution in [3.05, 3.63) is 77.9 Å². The molecule has 0 aliphatic carbocycles. The van der Waals surface area contributed by atoms with Gasteiger partial charge in [-0.05, 0) is 37.1 Å².